The van der Waals surface area contributed by atoms with E-state index in [0.29, 0.717) is 34.5 Å². The maximum Gasteiger partial charge on any atom is 0.262 e. The summed E-state index contributed by atoms with van der Waals surface area (Å²) in [5.41, 5.74) is 2.45. The second-order valence-corrected chi connectivity index (χ2v) is 8.92. The number of hydrogen-bond donors (Lipinski definition) is 1. The fraction of sp³-hybridized carbons (Fsp3) is 0.120. The molecule has 168 valence electrons. The molecule has 1 amide bonds. The zero-order valence-electron chi connectivity index (χ0n) is 17.6. The van der Waals surface area contributed by atoms with E-state index in [0.717, 1.165) is 20.4 Å². The SMILES string of the molecule is COc1ccc(CNC(=O)/C(C#N)=C\c2ccc(OCc3ccc(Cl)cc3Cl)c(I)c2)cc1. The average Bonchev–Trinajstić information content (AvgIpc) is 2.81. The number of amides is 1. The summed E-state index contributed by atoms with van der Waals surface area (Å²) in [7, 11) is 1.59. The summed E-state index contributed by atoms with van der Waals surface area (Å²) in [5, 5.41) is 13.3. The minimum absolute atomic E-state index is 0.0147. The smallest absolute Gasteiger partial charge is 0.262 e. The van der Waals surface area contributed by atoms with Crippen molar-refractivity contribution in [2.24, 2.45) is 0 Å². The maximum atomic E-state index is 12.5. The fourth-order valence-electron chi connectivity index (χ4n) is 2.85. The lowest BCUT2D eigenvalue weighted by atomic mass is 10.1. The highest BCUT2D eigenvalue weighted by atomic mass is 127. The summed E-state index contributed by atoms with van der Waals surface area (Å²) in [6.45, 7) is 0.595. The van der Waals surface area contributed by atoms with Crippen LogP contribution in [0.4, 0.5) is 0 Å². The monoisotopic (exact) mass is 592 g/mol. The topological polar surface area (TPSA) is 71.3 Å². The van der Waals surface area contributed by atoms with Crippen molar-refractivity contribution in [3.05, 3.63) is 96.5 Å². The fourth-order valence-corrected chi connectivity index (χ4v) is 4.01. The molecule has 8 heteroatoms. The predicted molar refractivity (Wildman–Crippen MR) is 138 cm³/mol. The Balaban J connectivity index is 1.64. The molecule has 3 aromatic carbocycles. The van der Waals surface area contributed by atoms with Crippen LogP contribution in [0.3, 0.4) is 0 Å². The van der Waals surface area contributed by atoms with Gasteiger partial charge in [0.1, 0.15) is 29.7 Å². The zero-order chi connectivity index (χ0) is 23.8. The molecule has 1 N–H and O–H groups in total. The molecule has 0 fully saturated rings. The van der Waals surface area contributed by atoms with Gasteiger partial charge in [0.05, 0.1) is 10.7 Å². The maximum absolute atomic E-state index is 12.5. The van der Waals surface area contributed by atoms with Crippen molar-refractivity contribution >= 4 is 57.8 Å². The third kappa shape index (κ3) is 7.13. The van der Waals surface area contributed by atoms with E-state index in [2.05, 4.69) is 27.9 Å². The molecule has 0 unspecified atom stereocenters. The van der Waals surface area contributed by atoms with Gasteiger partial charge in [0, 0.05) is 22.2 Å². The molecule has 5 nitrogen and oxygen atoms in total. The Bertz CT molecular complexity index is 1220. The number of rotatable bonds is 8. The Labute approximate surface area is 216 Å². The molecule has 0 aromatic heterocycles. The van der Waals surface area contributed by atoms with Crippen LogP contribution in [0.5, 0.6) is 11.5 Å². The van der Waals surface area contributed by atoms with E-state index >= 15 is 0 Å². The van der Waals surface area contributed by atoms with Gasteiger partial charge in [-0.1, -0.05) is 47.5 Å². The minimum Gasteiger partial charge on any atom is -0.497 e. The Hall–Kier alpha value is -2.73. The first-order chi connectivity index (χ1) is 15.9. The van der Waals surface area contributed by atoms with Crippen LogP contribution in [0.2, 0.25) is 10.0 Å². The van der Waals surface area contributed by atoms with Gasteiger partial charge in [-0.2, -0.15) is 5.26 Å². The van der Waals surface area contributed by atoms with Crippen LogP contribution >= 0.6 is 45.8 Å². The Morgan fingerprint density at radius 2 is 1.88 bits per heavy atom. The van der Waals surface area contributed by atoms with Crippen LogP contribution in [0.1, 0.15) is 16.7 Å². The summed E-state index contributed by atoms with van der Waals surface area (Å²) in [5.74, 6) is 0.961. The number of carbonyl (C=O) groups excluding carboxylic acids is 1. The van der Waals surface area contributed by atoms with Crippen molar-refractivity contribution < 1.29 is 14.3 Å². The van der Waals surface area contributed by atoms with Crippen molar-refractivity contribution in [1.82, 2.24) is 5.32 Å². The molecular weight excluding hydrogens is 574 g/mol. The Morgan fingerprint density at radius 1 is 1.12 bits per heavy atom. The number of nitriles is 1. The minimum atomic E-state index is -0.443. The first-order valence-electron chi connectivity index (χ1n) is 9.79. The van der Waals surface area contributed by atoms with E-state index in [4.69, 9.17) is 32.7 Å². The number of carbonyl (C=O) groups is 1. The number of methoxy groups -OCH3 is 1. The lowest BCUT2D eigenvalue weighted by molar-refractivity contribution is -0.117. The highest BCUT2D eigenvalue weighted by molar-refractivity contribution is 14.1. The number of hydrogen-bond acceptors (Lipinski definition) is 4. The van der Waals surface area contributed by atoms with Crippen LogP contribution < -0.4 is 14.8 Å². The lowest BCUT2D eigenvalue weighted by Crippen LogP contribution is -2.23. The Kier molecular flexibility index (Phi) is 9.01. The molecule has 3 rings (SSSR count). The van der Waals surface area contributed by atoms with Gasteiger partial charge in [-0.05, 0) is 76.2 Å². The van der Waals surface area contributed by atoms with Gasteiger partial charge in [0.15, 0.2) is 0 Å². The normalized spacial score (nSPS) is 10.9. The number of ether oxygens (including phenoxy) is 2. The van der Waals surface area contributed by atoms with Gasteiger partial charge >= 0.3 is 0 Å². The molecule has 0 atom stereocenters. The van der Waals surface area contributed by atoms with Gasteiger partial charge in [0.25, 0.3) is 5.91 Å². The number of benzene rings is 3. The molecule has 0 saturated heterocycles. The van der Waals surface area contributed by atoms with Gasteiger partial charge in [-0.3, -0.25) is 4.79 Å². The van der Waals surface area contributed by atoms with Gasteiger partial charge in [-0.15, -0.1) is 0 Å². The van der Waals surface area contributed by atoms with Crippen molar-refractivity contribution in [3.63, 3.8) is 0 Å². The van der Waals surface area contributed by atoms with Crippen LogP contribution in [0.25, 0.3) is 6.08 Å². The highest BCUT2D eigenvalue weighted by Crippen LogP contribution is 2.26. The van der Waals surface area contributed by atoms with E-state index in [1.807, 2.05) is 42.5 Å². The first-order valence-corrected chi connectivity index (χ1v) is 11.6. The van der Waals surface area contributed by atoms with E-state index in [1.165, 1.54) is 0 Å². The molecule has 0 saturated carbocycles. The van der Waals surface area contributed by atoms with Crippen LogP contribution in [-0.4, -0.2) is 13.0 Å². The average molecular weight is 593 g/mol. The molecule has 0 bridgehead atoms. The van der Waals surface area contributed by atoms with Crippen LogP contribution in [0, 0.1) is 14.9 Å². The number of halogens is 3. The molecule has 0 aliphatic heterocycles. The van der Waals surface area contributed by atoms with Crippen molar-refractivity contribution in [3.8, 4) is 17.6 Å². The van der Waals surface area contributed by atoms with E-state index in [1.54, 1.807) is 37.5 Å². The summed E-state index contributed by atoms with van der Waals surface area (Å²) >= 11 is 14.3. The third-order valence-electron chi connectivity index (χ3n) is 4.64. The summed E-state index contributed by atoms with van der Waals surface area (Å²) in [6.07, 6.45) is 1.55. The third-order valence-corrected chi connectivity index (χ3v) is 6.07. The molecule has 0 radical (unpaired) electrons. The molecule has 0 heterocycles. The van der Waals surface area contributed by atoms with Crippen LogP contribution in [0.15, 0.2) is 66.2 Å². The molecule has 0 spiro atoms. The van der Waals surface area contributed by atoms with Gasteiger partial charge in [0.2, 0.25) is 0 Å². The molecule has 0 aliphatic rings. The summed E-state index contributed by atoms with van der Waals surface area (Å²) in [6, 6.07) is 20.0. The molecular formula is C25H19Cl2IN2O3. The van der Waals surface area contributed by atoms with E-state index in [9.17, 15) is 10.1 Å². The standard InChI is InChI=1S/C25H19Cl2IN2O3/c1-32-21-7-2-16(3-8-21)14-30-25(31)19(13-29)10-17-4-9-24(23(28)11-17)33-15-18-5-6-20(26)12-22(18)27/h2-12H,14-15H2,1H3,(H,30,31)/b19-10-. The predicted octanol–water partition coefficient (Wildman–Crippen LogP) is 6.41. The zero-order valence-corrected chi connectivity index (χ0v) is 21.2. The first kappa shape index (κ1) is 24.9. The molecule has 33 heavy (non-hydrogen) atoms. The quantitative estimate of drug-likeness (QED) is 0.186. The van der Waals surface area contributed by atoms with E-state index in [-0.39, 0.29) is 5.57 Å². The van der Waals surface area contributed by atoms with Gasteiger partial charge in [-0.25, -0.2) is 0 Å². The Morgan fingerprint density at radius 3 is 2.52 bits per heavy atom. The highest BCUT2D eigenvalue weighted by Gasteiger charge is 2.11. The number of nitrogens with one attached hydrogen (secondary N) is 1. The van der Waals surface area contributed by atoms with Crippen molar-refractivity contribution in [2.45, 2.75) is 13.2 Å². The van der Waals surface area contributed by atoms with Gasteiger partial charge < -0.3 is 14.8 Å². The van der Waals surface area contributed by atoms with Crippen molar-refractivity contribution in [1.29, 1.82) is 5.26 Å². The second-order valence-electron chi connectivity index (χ2n) is 6.91. The largest absolute Gasteiger partial charge is 0.497 e. The van der Waals surface area contributed by atoms with Crippen molar-refractivity contribution in [2.75, 3.05) is 7.11 Å². The van der Waals surface area contributed by atoms with E-state index < -0.39 is 5.91 Å². The summed E-state index contributed by atoms with van der Waals surface area (Å²) in [4.78, 5) is 12.5. The van der Waals surface area contributed by atoms with Crippen LogP contribution in [-0.2, 0) is 17.9 Å². The molecule has 0 aliphatic carbocycles. The second kappa shape index (κ2) is 11.9. The molecule has 3 aromatic rings. The lowest BCUT2D eigenvalue weighted by Gasteiger charge is -2.10. The number of nitrogens with zero attached hydrogens (tertiary/aromatic N) is 1. The summed E-state index contributed by atoms with van der Waals surface area (Å²) < 4.78 is 11.8.